The Morgan fingerprint density at radius 1 is 0.808 bits per heavy atom. The predicted octanol–water partition coefficient (Wildman–Crippen LogP) is 8.26. The van der Waals surface area contributed by atoms with Crippen LogP contribution in [0.3, 0.4) is 0 Å². The van der Waals surface area contributed by atoms with Crippen LogP contribution >= 0.6 is 23.1 Å². The molecule has 382 valence electrons. The van der Waals surface area contributed by atoms with E-state index in [0.717, 1.165) is 116 Å². The zero-order valence-corrected chi connectivity index (χ0v) is 44.4. The highest BCUT2D eigenvalue weighted by atomic mass is 79.9. The van der Waals surface area contributed by atoms with Gasteiger partial charge in [0.1, 0.15) is 24.8 Å². The van der Waals surface area contributed by atoms with Gasteiger partial charge in [-0.3, -0.25) is 34.1 Å². The summed E-state index contributed by atoms with van der Waals surface area (Å²) in [6, 6.07) is 14.9. The molecular formula is C54H63BrN11O6P. The monoisotopic (exact) mass is 1070 g/mol. The Balaban J connectivity index is 0.708. The summed E-state index contributed by atoms with van der Waals surface area (Å²) >= 11 is 3.64. The number of likely N-dealkylation sites (tertiary alicyclic amines) is 1. The summed E-state index contributed by atoms with van der Waals surface area (Å²) in [4.78, 5) is 69.1. The fourth-order valence-corrected chi connectivity index (χ4v) is 13.2. The molecule has 1 unspecified atom stereocenters. The highest BCUT2D eigenvalue weighted by Gasteiger charge is 2.45. The van der Waals surface area contributed by atoms with E-state index in [2.05, 4.69) is 80.9 Å². The van der Waals surface area contributed by atoms with E-state index in [1.165, 1.54) is 31.2 Å². The Hall–Kier alpha value is -6.10. The van der Waals surface area contributed by atoms with Crippen molar-refractivity contribution < 1.29 is 28.5 Å². The van der Waals surface area contributed by atoms with Gasteiger partial charge in [0, 0.05) is 92.5 Å². The van der Waals surface area contributed by atoms with E-state index in [1.54, 1.807) is 19.4 Å². The number of aromatic nitrogens is 4. The SMILES string of the molecule is COc1cc(N2CCC(CN3CCC4(CC3)CCN(c3ccc5c(c3)C(=O)N(C3CCC(=O)NC3=O)C5=O)CC4)CC2)c(-c2cnn(C)c2)cc1Nc1ncc(Br)c(Nc2ccc(C3CC3)cc2P(C)(C)=O)n1. The van der Waals surface area contributed by atoms with Crippen molar-refractivity contribution in [2.24, 2.45) is 18.4 Å². The molecule has 4 saturated heterocycles. The van der Waals surface area contributed by atoms with Crippen molar-refractivity contribution in [1.29, 1.82) is 0 Å². The summed E-state index contributed by atoms with van der Waals surface area (Å²) in [5, 5.41) is 14.5. The number of amides is 4. The van der Waals surface area contributed by atoms with Gasteiger partial charge in [-0.05, 0) is 159 Å². The zero-order valence-electron chi connectivity index (χ0n) is 42.0. The molecule has 1 spiro atoms. The van der Waals surface area contributed by atoms with Gasteiger partial charge in [0.05, 0.1) is 40.3 Å². The largest absolute Gasteiger partial charge is 0.494 e. The molecule has 1 atom stereocenters. The number of benzene rings is 3. The Labute approximate surface area is 434 Å². The van der Waals surface area contributed by atoms with Crippen LogP contribution in [0, 0.1) is 11.3 Å². The number of anilines is 6. The van der Waals surface area contributed by atoms with Gasteiger partial charge in [0.15, 0.2) is 0 Å². The molecule has 1 saturated carbocycles. The van der Waals surface area contributed by atoms with Crippen molar-refractivity contribution in [3.8, 4) is 16.9 Å². The third-order valence-electron chi connectivity index (χ3n) is 16.2. The molecule has 1 aliphatic carbocycles. The minimum Gasteiger partial charge on any atom is -0.494 e. The second-order valence-corrected chi connectivity index (χ2v) is 25.4. The zero-order chi connectivity index (χ0) is 50.8. The number of nitrogens with zero attached hydrogens (tertiary/aromatic N) is 8. The van der Waals surface area contributed by atoms with Gasteiger partial charge in [-0.1, -0.05) is 6.07 Å². The molecule has 3 aromatic carbocycles. The standard InChI is InChI=1S/C54H63BrN11O6P/c1-62-32-36(29-57-62)39-27-43(59-53-56-30-41(55)49(61-53)58-42-10-7-35(34-5-6-34)25-47(42)73(3,4)71)46(72-2)28-45(39)65-19-13-33(14-20-65)31-63-21-15-54(16-22-63)17-23-64(24-18-54)37-8-9-38-40(26-37)52(70)66(51(38)69)44-11-12-48(67)60-50(44)68/h7-10,25-30,32-34,44H,5-6,11-24,31H2,1-4H3,(H,60,67,68)(H2,56,58,59,61). The molecule has 5 fully saturated rings. The van der Waals surface area contributed by atoms with E-state index in [1.807, 2.05) is 55.7 Å². The molecule has 17 nitrogen and oxygen atoms in total. The highest BCUT2D eigenvalue weighted by Crippen LogP contribution is 2.47. The molecule has 6 aliphatic rings. The van der Waals surface area contributed by atoms with Crippen molar-refractivity contribution >= 4 is 86.5 Å². The topological polar surface area (TPSA) is 187 Å². The van der Waals surface area contributed by atoms with Gasteiger partial charge in [0.25, 0.3) is 11.8 Å². The van der Waals surface area contributed by atoms with Gasteiger partial charge < -0.3 is 34.6 Å². The van der Waals surface area contributed by atoms with Gasteiger partial charge in [-0.15, -0.1) is 0 Å². The molecule has 3 N–H and O–H groups in total. The number of aryl methyl sites for hydroxylation is 1. The van der Waals surface area contributed by atoms with Crippen LogP contribution in [0.5, 0.6) is 5.75 Å². The van der Waals surface area contributed by atoms with E-state index in [4.69, 9.17) is 9.72 Å². The van der Waals surface area contributed by atoms with Crippen molar-refractivity contribution in [3.63, 3.8) is 0 Å². The summed E-state index contributed by atoms with van der Waals surface area (Å²) < 4.78 is 22.1. The smallest absolute Gasteiger partial charge is 0.262 e. The second-order valence-electron chi connectivity index (χ2n) is 21.4. The van der Waals surface area contributed by atoms with Crippen LogP contribution in [0.15, 0.2) is 71.6 Å². The molecule has 5 aliphatic heterocycles. The van der Waals surface area contributed by atoms with Gasteiger partial charge >= 0.3 is 0 Å². The maximum absolute atomic E-state index is 13.5. The molecule has 19 heteroatoms. The van der Waals surface area contributed by atoms with Crippen LogP contribution in [0.2, 0.25) is 0 Å². The van der Waals surface area contributed by atoms with Crippen molar-refractivity contribution in [1.82, 2.24) is 34.9 Å². The Kier molecular flexibility index (Phi) is 13.2. The molecule has 7 heterocycles. The lowest BCUT2D eigenvalue weighted by molar-refractivity contribution is -0.136. The van der Waals surface area contributed by atoms with Gasteiger partial charge in [-0.25, -0.2) is 4.98 Å². The fraction of sp³-hybridized carbons (Fsp3) is 0.463. The number of rotatable bonds is 13. The molecule has 0 radical (unpaired) electrons. The van der Waals surface area contributed by atoms with Crippen molar-refractivity contribution in [3.05, 3.63) is 88.3 Å². The first-order valence-corrected chi connectivity index (χ1v) is 29.1. The summed E-state index contributed by atoms with van der Waals surface area (Å²) in [5.74, 6) is 0.835. The third-order valence-corrected chi connectivity index (χ3v) is 18.3. The average molecular weight is 1070 g/mol. The first-order chi connectivity index (χ1) is 35.1. The lowest BCUT2D eigenvalue weighted by Gasteiger charge is -2.48. The molecule has 4 amide bonds. The predicted molar refractivity (Wildman–Crippen MR) is 287 cm³/mol. The number of carbonyl (C=O) groups excluding carboxylic acids is 4. The van der Waals surface area contributed by atoms with Crippen LogP contribution in [0.25, 0.3) is 11.1 Å². The lowest BCUT2D eigenvalue weighted by atomic mass is 9.71. The van der Waals surface area contributed by atoms with E-state index in [9.17, 15) is 23.7 Å². The summed E-state index contributed by atoms with van der Waals surface area (Å²) in [6.07, 6.45) is 14.9. The van der Waals surface area contributed by atoms with Crippen LogP contribution in [0.1, 0.15) is 96.4 Å². The van der Waals surface area contributed by atoms with Crippen molar-refractivity contribution in [2.75, 3.05) is 86.7 Å². The Bertz CT molecular complexity index is 3050. The highest BCUT2D eigenvalue weighted by molar-refractivity contribution is 9.10. The number of fused-ring (bicyclic) bond motifs is 1. The normalized spacial score (nSPS) is 20.7. The third kappa shape index (κ3) is 10.0. The number of hydrogen-bond acceptors (Lipinski definition) is 14. The maximum Gasteiger partial charge on any atom is 0.262 e. The minimum atomic E-state index is -2.60. The minimum absolute atomic E-state index is 0.0963. The summed E-state index contributed by atoms with van der Waals surface area (Å²) in [6.45, 7) is 10.5. The number of hydrogen-bond donors (Lipinski definition) is 3. The van der Waals surface area contributed by atoms with E-state index in [0.29, 0.717) is 50.4 Å². The maximum atomic E-state index is 13.5. The van der Waals surface area contributed by atoms with Crippen molar-refractivity contribution in [2.45, 2.75) is 76.2 Å². The number of carbonyl (C=O) groups is 4. The number of ether oxygens (including phenoxy) is 1. The fourth-order valence-electron chi connectivity index (χ4n) is 11.7. The first kappa shape index (κ1) is 49.1. The molecular weight excluding hydrogens is 1010 g/mol. The summed E-state index contributed by atoms with van der Waals surface area (Å²) in [5.41, 5.74) is 7.73. The van der Waals surface area contributed by atoms with Gasteiger partial charge in [0.2, 0.25) is 17.8 Å². The number of imide groups is 2. The average Bonchev–Trinajstić information content (AvgIpc) is 4.09. The van der Waals surface area contributed by atoms with Crippen LogP contribution in [-0.2, 0) is 21.2 Å². The Morgan fingerprint density at radius 3 is 2.23 bits per heavy atom. The first-order valence-electron chi connectivity index (χ1n) is 25.7. The summed E-state index contributed by atoms with van der Waals surface area (Å²) in [7, 11) is 1.01. The van der Waals surface area contributed by atoms with Crippen LogP contribution in [-0.4, -0.2) is 125 Å². The molecule has 5 aromatic rings. The molecule has 0 bridgehead atoms. The van der Waals surface area contributed by atoms with Gasteiger partial charge in [-0.2, -0.15) is 10.1 Å². The second kappa shape index (κ2) is 19.6. The number of piperidine rings is 4. The molecule has 73 heavy (non-hydrogen) atoms. The number of halogens is 1. The van der Waals surface area contributed by atoms with Crippen LogP contribution in [0.4, 0.5) is 34.5 Å². The Morgan fingerprint density at radius 2 is 1.55 bits per heavy atom. The quantitative estimate of drug-likeness (QED) is 0.0756. The van der Waals surface area contributed by atoms with E-state index >= 15 is 0 Å². The van der Waals surface area contributed by atoms with E-state index < -0.39 is 30.9 Å². The molecule has 2 aromatic heterocycles. The molecule has 11 rings (SSSR count). The van der Waals surface area contributed by atoms with Crippen LogP contribution < -0.4 is 35.8 Å². The number of nitrogens with one attached hydrogen (secondary N) is 3. The number of methoxy groups -OCH3 is 1. The van der Waals surface area contributed by atoms with E-state index in [-0.39, 0.29) is 18.7 Å². The lowest BCUT2D eigenvalue weighted by Crippen LogP contribution is -2.54.